The quantitative estimate of drug-likeness (QED) is 0.515. The number of carbonyl (C=O) groups excluding carboxylic acids is 4. The average Bonchev–Trinajstić information content (AvgIpc) is 3.10. The van der Waals surface area contributed by atoms with Crippen LogP contribution in [0.25, 0.3) is 0 Å². The number of nitrogens with one attached hydrogen (secondary N) is 1. The van der Waals surface area contributed by atoms with Crippen LogP contribution in [-0.2, 0) is 24.2 Å². The monoisotopic (exact) mass is 408 g/mol. The molecule has 10 heteroatoms. The number of hydrogen-bond donors (Lipinski definition) is 1. The van der Waals surface area contributed by atoms with Gasteiger partial charge >= 0.3 is 5.97 Å². The summed E-state index contributed by atoms with van der Waals surface area (Å²) in [5.74, 6) is -2.37. The summed E-state index contributed by atoms with van der Waals surface area (Å²) in [6.07, 6.45) is -1.03. The maximum atomic E-state index is 12.2. The van der Waals surface area contributed by atoms with Crippen molar-refractivity contribution in [3.8, 4) is 0 Å². The van der Waals surface area contributed by atoms with Crippen LogP contribution >= 0.6 is 0 Å². The highest BCUT2D eigenvalue weighted by molar-refractivity contribution is 7.91. The summed E-state index contributed by atoms with van der Waals surface area (Å²) < 4.78 is 27.9. The molecule has 1 fully saturated rings. The minimum atomic E-state index is -3.13. The number of carbonyl (C=O) groups is 4. The first kappa shape index (κ1) is 20.0. The van der Waals surface area contributed by atoms with Gasteiger partial charge in [-0.15, -0.1) is 0 Å². The summed E-state index contributed by atoms with van der Waals surface area (Å²) in [6.45, 7) is 1.22. The van der Waals surface area contributed by atoms with Crippen molar-refractivity contribution in [3.05, 3.63) is 35.4 Å². The van der Waals surface area contributed by atoms with Gasteiger partial charge in [-0.05, 0) is 25.5 Å². The Morgan fingerprint density at radius 2 is 1.82 bits per heavy atom. The molecule has 9 nitrogen and oxygen atoms in total. The fourth-order valence-corrected chi connectivity index (χ4v) is 4.86. The molecule has 3 rings (SSSR count). The van der Waals surface area contributed by atoms with Crippen molar-refractivity contribution in [2.75, 3.05) is 18.1 Å². The third kappa shape index (κ3) is 4.22. The van der Waals surface area contributed by atoms with Crippen LogP contribution in [0.2, 0.25) is 0 Å². The van der Waals surface area contributed by atoms with Gasteiger partial charge < -0.3 is 10.1 Å². The first-order valence-electron chi connectivity index (χ1n) is 8.83. The van der Waals surface area contributed by atoms with Crippen LogP contribution in [0.5, 0.6) is 0 Å². The van der Waals surface area contributed by atoms with E-state index >= 15 is 0 Å². The van der Waals surface area contributed by atoms with Crippen molar-refractivity contribution in [2.24, 2.45) is 0 Å². The third-order valence-corrected chi connectivity index (χ3v) is 6.44. The summed E-state index contributed by atoms with van der Waals surface area (Å²) in [4.78, 5) is 49.5. The number of amides is 3. The number of nitrogens with zero attached hydrogens (tertiary/aromatic N) is 1. The molecule has 2 heterocycles. The molecule has 2 atom stereocenters. The highest BCUT2D eigenvalue weighted by atomic mass is 32.2. The Balaban J connectivity index is 1.47. The Morgan fingerprint density at radius 3 is 2.36 bits per heavy atom. The molecule has 1 aromatic rings. The van der Waals surface area contributed by atoms with Crippen molar-refractivity contribution in [1.82, 2.24) is 10.2 Å². The molecule has 0 unspecified atom stereocenters. The Labute approximate surface area is 161 Å². The summed E-state index contributed by atoms with van der Waals surface area (Å²) >= 11 is 0. The summed E-state index contributed by atoms with van der Waals surface area (Å²) in [5, 5.41) is 2.55. The molecule has 2 aliphatic heterocycles. The van der Waals surface area contributed by atoms with Crippen molar-refractivity contribution < 1.29 is 32.3 Å². The number of esters is 1. The third-order valence-electron chi connectivity index (χ3n) is 4.67. The molecule has 3 amide bonds. The molecule has 1 N–H and O–H groups in total. The predicted molar refractivity (Wildman–Crippen MR) is 97.2 cm³/mol. The number of benzene rings is 1. The van der Waals surface area contributed by atoms with Crippen molar-refractivity contribution >= 4 is 33.5 Å². The lowest BCUT2D eigenvalue weighted by atomic mass is 10.1. The van der Waals surface area contributed by atoms with Crippen LogP contribution in [0.3, 0.4) is 0 Å². The van der Waals surface area contributed by atoms with Gasteiger partial charge in [0.15, 0.2) is 15.9 Å². The van der Waals surface area contributed by atoms with E-state index in [1.54, 1.807) is 24.3 Å². The van der Waals surface area contributed by atoms with E-state index in [1.165, 1.54) is 6.92 Å². The smallest absolute Gasteiger partial charge is 0.308 e. The minimum Gasteiger partial charge on any atom is -0.452 e. The van der Waals surface area contributed by atoms with E-state index in [4.69, 9.17) is 4.74 Å². The van der Waals surface area contributed by atoms with Crippen LogP contribution in [-0.4, -0.2) is 67.2 Å². The van der Waals surface area contributed by atoms with Crippen LogP contribution in [0.1, 0.15) is 40.5 Å². The van der Waals surface area contributed by atoms with E-state index in [-0.39, 0.29) is 24.5 Å². The Bertz CT molecular complexity index is 906. The van der Waals surface area contributed by atoms with Gasteiger partial charge in [-0.3, -0.25) is 24.1 Å². The van der Waals surface area contributed by atoms with Crippen molar-refractivity contribution in [2.45, 2.75) is 31.9 Å². The number of imide groups is 1. The van der Waals surface area contributed by atoms with Gasteiger partial charge in [0, 0.05) is 12.6 Å². The number of hydrogen-bond acceptors (Lipinski definition) is 7. The molecule has 0 aliphatic carbocycles. The largest absolute Gasteiger partial charge is 0.452 e. The molecule has 150 valence electrons. The van der Waals surface area contributed by atoms with E-state index in [2.05, 4.69) is 5.32 Å². The zero-order valence-electron chi connectivity index (χ0n) is 15.2. The first-order valence-corrected chi connectivity index (χ1v) is 10.7. The number of ether oxygens (including phenoxy) is 1. The Kier molecular flexibility index (Phi) is 5.50. The van der Waals surface area contributed by atoms with Gasteiger partial charge in [-0.1, -0.05) is 12.1 Å². The fraction of sp³-hybridized carbons (Fsp3) is 0.444. The topological polar surface area (TPSA) is 127 Å². The van der Waals surface area contributed by atoms with Gasteiger partial charge in [-0.2, -0.15) is 0 Å². The van der Waals surface area contributed by atoms with E-state index in [0.717, 1.165) is 4.90 Å². The van der Waals surface area contributed by atoms with Gasteiger partial charge in [0.1, 0.15) is 0 Å². The maximum Gasteiger partial charge on any atom is 0.308 e. The van der Waals surface area contributed by atoms with E-state index in [0.29, 0.717) is 17.5 Å². The Hall–Kier alpha value is -2.75. The SMILES string of the molecule is C[C@@H](OC(=O)CCN1C(=O)c2ccccc2C1=O)C(=O)N[C@@H]1CCS(=O)(=O)C1. The number of rotatable bonds is 6. The molecular formula is C18H20N2O7S. The summed E-state index contributed by atoms with van der Waals surface area (Å²) in [5.41, 5.74) is 0.584. The second-order valence-corrected chi connectivity index (χ2v) is 9.03. The van der Waals surface area contributed by atoms with Crippen LogP contribution in [0, 0.1) is 0 Å². The normalized spacial score (nSPS) is 21.3. The van der Waals surface area contributed by atoms with Crippen LogP contribution in [0.15, 0.2) is 24.3 Å². The molecule has 1 saturated heterocycles. The molecular weight excluding hydrogens is 388 g/mol. The Morgan fingerprint density at radius 1 is 1.21 bits per heavy atom. The number of fused-ring (bicyclic) bond motifs is 1. The van der Waals surface area contributed by atoms with Crippen LogP contribution in [0.4, 0.5) is 0 Å². The lowest BCUT2D eigenvalue weighted by molar-refractivity contribution is -0.155. The molecule has 0 radical (unpaired) electrons. The second kappa shape index (κ2) is 7.70. The van der Waals surface area contributed by atoms with Gasteiger partial charge in [0.05, 0.1) is 29.1 Å². The molecule has 0 saturated carbocycles. The molecule has 0 bridgehead atoms. The minimum absolute atomic E-state index is 0.0202. The first-order chi connectivity index (χ1) is 13.2. The van der Waals surface area contributed by atoms with E-state index in [1.807, 2.05) is 0 Å². The molecule has 2 aliphatic rings. The van der Waals surface area contributed by atoms with Crippen LogP contribution < -0.4 is 5.32 Å². The highest BCUT2D eigenvalue weighted by Crippen LogP contribution is 2.22. The molecule has 28 heavy (non-hydrogen) atoms. The lowest BCUT2D eigenvalue weighted by Gasteiger charge is -2.17. The van der Waals surface area contributed by atoms with Gasteiger partial charge in [0.2, 0.25) is 0 Å². The standard InChI is InChI=1S/C18H20N2O7S/c1-11(16(22)19-12-7-9-28(25,26)10-12)27-15(21)6-8-20-17(23)13-4-2-3-5-14(13)18(20)24/h2-5,11-12H,6-10H2,1H3,(H,19,22)/t11-,12-/m1/s1. The fourth-order valence-electron chi connectivity index (χ4n) is 3.18. The van der Waals surface area contributed by atoms with Gasteiger partial charge in [-0.25, -0.2) is 8.42 Å². The molecule has 0 aromatic heterocycles. The highest BCUT2D eigenvalue weighted by Gasteiger charge is 2.35. The zero-order valence-corrected chi connectivity index (χ0v) is 16.0. The summed E-state index contributed by atoms with van der Waals surface area (Å²) in [6, 6.07) is 5.90. The van der Waals surface area contributed by atoms with Gasteiger partial charge in [0.25, 0.3) is 17.7 Å². The van der Waals surface area contributed by atoms with Crippen molar-refractivity contribution in [3.63, 3.8) is 0 Å². The molecule has 1 aromatic carbocycles. The van der Waals surface area contributed by atoms with E-state index < -0.39 is 45.7 Å². The van der Waals surface area contributed by atoms with E-state index in [9.17, 15) is 27.6 Å². The van der Waals surface area contributed by atoms with Crippen molar-refractivity contribution in [1.29, 1.82) is 0 Å². The zero-order chi connectivity index (χ0) is 20.5. The number of sulfone groups is 1. The predicted octanol–water partition coefficient (Wildman–Crippen LogP) is -0.0923. The molecule has 0 spiro atoms. The maximum absolute atomic E-state index is 12.2. The summed E-state index contributed by atoms with van der Waals surface area (Å²) in [7, 11) is -3.13. The lowest BCUT2D eigenvalue weighted by Crippen LogP contribution is -2.42. The average molecular weight is 408 g/mol. The second-order valence-electron chi connectivity index (χ2n) is 6.80.